The molecule has 4 rings (SSSR count). The lowest BCUT2D eigenvalue weighted by atomic mass is 9.83. The van der Waals surface area contributed by atoms with Crippen molar-refractivity contribution in [3.8, 4) is 16.9 Å². The fraction of sp³-hybridized carbons (Fsp3) is 0.367. The van der Waals surface area contributed by atoms with Crippen molar-refractivity contribution in [2.75, 3.05) is 7.11 Å². The molecule has 4 heteroatoms. The average Bonchev–Trinajstić information content (AvgIpc) is 2.89. The van der Waals surface area contributed by atoms with E-state index in [1.807, 2.05) is 30.3 Å². The van der Waals surface area contributed by atoms with Crippen LogP contribution in [0, 0.1) is 5.82 Å². The standard InChI is InChI=1S/C30H33FO3/c1-33-30(32)9-5-6-22-10-17-28(18-11-22)34-21-26-20-27(31)16-19-29(26)25-14-12-24(13-15-25)23-7-3-2-4-8-23/h10-20,23H,2-9,21H2,1H3. The molecule has 1 fully saturated rings. The third-order valence-corrected chi connectivity index (χ3v) is 6.76. The Labute approximate surface area is 201 Å². The van der Waals surface area contributed by atoms with Crippen LogP contribution in [0.15, 0.2) is 66.7 Å². The Bertz CT molecular complexity index is 1070. The minimum Gasteiger partial charge on any atom is -0.489 e. The molecule has 3 aromatic carbocycles. The Hall–Kier alpha value is -3.14. The molecule has 0 unspecified atom stereocenters. The van der Waals surface area contributed by atoms with Crippen molar-refractivity contribution in [1.29, 1.82) is 0 Å². The number of rotatable bonds is 9. The number of esters is 1. The molecule has 0 atom stereocenters. The summed E-state index contributed by atoms with van der Waals surface area (Å²) in [7, 11) is 1.41. The van der Waals surface area contributed by atoms with Crippen LogP contribution < -0.4 is 4.74 Å². The zero-order valence-electron chi connectivity index (χ0n) is 19.9. The molecule has 34 heavy (non-hydrogen) atoms. The molecular weight excluding hydrogens is 427 g/mol. The van der Waals surface area contributed by atoms with Crippen LogP contribution in [0.4, 0.5) is 4.39 Å². The second-order valence-electron chi connectivity index (χ2n) is 9.12. The first-order valence-corrected chi connectivity index (χ1v) is 12.3. The van der Waals surface area contributed by atoms with Crippen LogP contribution in [0.1, 0.15) is 67.6 Å². The van der Waals surface area contributed by atoms with Gasteiger partial charge in [-0.3, -0.25) is 4.79 Å². The van der Waals surface area contributed by atoms with E-state index >= 15 is 0 Å². The minimum atomic E-state index is -0.262. The van der Waals surface area contributed by atoms with Gasteiger partial charge < -0.3 is 9.47 Å². The van der Waals surface area contributed by atoms with Gasteiger partial charge in [-0.05, 0) is 83.7 Å². The largest absolute Gasteiger partial charge is 0.489 e. The summed E-state index contributed by atoms with van der Waals surface area (Å²) in [5, 5.41) is 0. The summed E-state index contributed by atoms with van der Waals surface area (Å²) in [5.74, 6) is 0.957. The van der Waals surface area contributed by atoms with Crippen LogP contribution >= 0.6 is 0 Å². The number of carbonyl (C=O) groups excluding carboxylic acids is 1. The van der Waals surface area contributed by atoms with E-state index in [4.69, 9.17) is 4.74 Å². The van der Waals surface area contributed by atoms with Gasteiger partial charge in [0.2, 0.25) is 0 Å². The lowest BCUT2D eigenvalue weighted by Crippen LogP contribution is -2.04. The monoisotopic (exact) mass is 460 g/mol. The smallest absolute Gasteiger partial charge is 0.305 e. The van der Waals surface area contributed by atoms with Gasteiger partial charge in [-0.1, -0.05) is 61.7 Å². The molecule has 1 aliphatic rings. The second kappa shape index (κ2) is 11.8. The van der Waals surface area contributed by atoms with Crippen LogP contribution in [0.2, 0.25) is 0 Å². The summed E-state index contributed by atoms with van der Waals surface area (Å²) in [6.45, 7) is 0.291. The van der Waals surface area contributed by atoms with Gasteiger partial charge in [-0.2, -0.15) is 0 Å². The number of carbonyl (C=O) groups is 1. The summed E-state index contributed by atoms with van der Waals surface area (Å²) in [4.78, 5) is 11.3. The van der Waals surface area contributed by atoms with Gasteiger partial charge >= 0.3 is 5.97 Å². The van der Waals surface area contributed by atoms with Gasteiger partial charge in [0.1, 0.15) is 18.2 Å². The third-order valence-electron chi connectivity index (χ3n) is 6.76. The first-order valence-electron chi connectivity index (χ1n) is 12.3. The molecule has 3 nitrogen and oxygen atoms in total. The van der Waals surface area contributed by atoms with Crippen molar-refractivity contribution in [2.45, 2.75) is 63.9 Å². The number of hydrogen-bond donors (Lipinski definition) is 0. The number of benzene rings is 3. The Balaban J connectivity index is 1.40. The van der Waals surface area contributed by atoms with Gasteiger partial charge in [0, 0.05) is 6.42 Å². The molecule has 0 saturated heterocycles. The molecule has 0 spiro atoms. The Morgan fingerprint density at radius 2 is 1.68 bits per heavy atom. The molecular formula is C30H33FO3. The summed E-state index contributed by atoms with van der Waals surface area (Å²) >= 11 is 0. The first kappa shape index (κ1) is 24.0. The molecule has 0 amide bonds. The lowest BCUT2D eigenvalue weighted by molar-refractivity contribution is -0.140. The Morgan fingerprint density at radius 1 is 0.941 bits per heavy atom. The van der Waals surface area contributed by atoms with E-state index in [9.17, 15) is 9.18 Å². The number of ether oxygens (including phenoxy) is 2. The van der Waals surface area contributed by atoms with E-state index in [1.165, 1.54) is 50.8 Å². The molecule has 1 aliphatic carbocycles. The molecule has 0 N–H and O–H groups in total. The highest BCUT2D eigenvalue weighted by Crippen LogP contribution is 2.34. The highest BCUT2D eigenvalue weighted by Gasteiger charge is 2.16. The quantitative estimate of drug-likeness (QED) is 0.308. The molecule has 0 heterocycles. The predicted molar refractivity (Wildman–Crippen MR) is 133 cm³/mol. The molecule has 0 radical (unpaired) electrons. The van der Waals surface area contributed by atoms with Crippen molar-refractivity contribution >= 4 is 5.97 Å². The summed E-state index contributed by atoms with van der Waals surface area (Å²) in [5.41, 5.74) is 5.46. The molecule has 0 bridgehead atoms. The van der Waals surface area contributed by atoms with Crippen LogP contribution in [-0.2, 0) is 22.6 Å². The molecule has 3 aromatic rings. The highest BCUT2D eigenvalue weighted by atomic mass is 19.1. The second-order valence-corrected chi connectivity index (χ2v) is 9.12. The van der Waals surface area contributed by atoms with Crippen LogP contribution in [-0.4, -0.2) is 13.1 Å². The zero-order chi connectivity index (χ0) is 23.8. The number of hydrogen-bond acceptors (Lipinski definition) is 3. The fourth-order valence-electron chi connectivity index (χ4n) is 4.79. The van der Waals surface area contributed by atoms with E-state index < -0.39 is 0 Å². The highest BCUT2D eigenvalue weighted by molar-refractivity contribution is 5.69. The average molecular weight is 461 g/mol. The van der Waals surface area contributed by atoms with Gasteiger partial charge in [0.05, 0.1) is 7.11 Å². The minimum absolute atomic E-state index is 0.186. The molecule has 0 aliphatic heterocycles. The van der Waals surface area contributed by atoms with E-state index in [0.717, 1.165) is 40.8 Å². The maximum Gasteiger partial charge on any atom is 0.305 e. The molecule has 178 valence electrons. The first-order chi connectivity index (χ1) is 16.6. The summed E-state index contributed by atoms with van der Waals surface area (Å²) in [6, 6.07) is 21.5. The third kappa shape index (κ3) is 6.47. The number of methoxy groups -OCH3 is 1. The zero-order valence-corrected chi connectivity index (χ0v) is 19.9. The molecule has 1 saturated carbocycles. The van der Waals surface area contributed by atoms with Crippen LogP contribution in [0.25, 0.3) is 11.1 Å². The predicted octanol–water partition coefficient (Wildman–Crippen LogP) is 7.62. The van der Waals surface area contributed by atoms with Gasteiger partial charge in [-0.25, -0.2) is 4.39 Å². The SMILES string of the molecule is COC(=O)CCCc1ccc(OCc2cc(F)ccc2-c2ccc(C3CCCCC3)cc2)cc1. The Morgan fingerprint density at radius 3 is 2.38 bits per heavy atom. The van der Waals surface area contributed by atoms with Crippen molar-refractivity contribution in [3.05, 3.63) is 89.2 Å². The van der Waals surface area contributed by atoms with E-state index in [1.54, 1.807) is 6.07 Å². The summed E-state index contributed by atoms with van der Waals surface area (Å²) < 4.78 is 24.7. The summed E-state index contributed by atoms with van der Waals surface area (Å²) in [6.07, 6.45) is 8.52. The lowest BCUT2D eigenvalue weighted by Gasteiger charge is -2.22. The van der Waals surface area contributed by atoms with Gasteiger partial charge in [-0.15, -0.1) is 0 Å². The van der Waals surface area contributed by atoms with Crippen molar-refractivity contribution in [3.63, 3.8) is 0 Å². The number of halogens is 1. The van der Waals surface area contributed by atoms with Crippen LogP contribution in [0.3, 0.4) is 0 Å². The normalized spacial score (nSPS) is 14.1. The van der Waals surface area contributed by atoms with Crippen molar-refractivity contribution in [1.82, 2.24) is 0 Å². The maximum absolute atomic E-state index is 14.1. The molecule has 0 aromatic heterocycles. The van der Waals surface area contributed by atoms with E-state index in [-0.39, 0.29) is 11.8 Å². The number of aryl methyl sites for hydroxylation is 1. The topological polar surface area (TPSA) is 35.5 Å². The van der Waals surface area contributed by atoms with E-state index in [2.05, 4.69) is 29.0 Å². The van der Waals surface area contributed by atoms with Gasteiger partial charge in [0.25, 0.3) is 0 Å². The van der Waals surface area contributed by atoms with Crippen LogP contribution in [0.5, 0.6) is 5.75 Å². The van der Waals surface area contributed by atoms with Gasteiger partial charge in [0.15, 0.2) is 0 Å². The Kier molecular flexibility index (Phi) is 8.35. The maximum atomic E-state index is 14.1. The van der Waals surface area contributed by atoms with E-state index in [0.29, 0.717) is 18.9 Å². The fourth-order valence-corrected chi connectivity index (χ4v) is 4.79. The van der Waals surface area contributed by atoms with Crippen molar-refractivity contribution in [2.24, 2.45) is 0 Å². The van der Waals surface area contributed by atoms with Crippen molar-refractivity contribution < 1.29 is 18.7 Å².